The summed E-state index contributed by atoms with van der Waals surface area (Å²) in [5.41, 5.74) is 0.970. The minimum absolute atomic E-state index is 0.190. The van der Waals surface area contributed by atoms with Crippen LogP contribution in [0, 0.1) is 0 Å². The van der Waals surface area contributed by atoms with Crippen molar-refractivity contribution in [2.24, 2.45) is 0 Å². The van der Waals surface area contributed by atoms with Gasteiger partial charge >= 0.3 is 5.97 Å². The molecule has 1 heterocycles. The number of rotatable bonds is 6. The van der Waals surface area contributed by atoms with Gasteiger partial charge in [-0.3, -0.25) is 5.32 Å². The van der Waals surface area contributed by atoms with Gasteiger partial charge in [-0.1, -0.05) is 30.3 Å². The number of thioether (sulfide) groups is 1. The van der Waals surface area contributed by atoms with Gasteiger partial charge in [0.05, 0.1) is 6.61 Å². The van der Waals surface area contributed by atoms with E-state index in [9.17, 15) is 4.79 Å². The van der Waals surface area contributed by atoms with Crippen molar-refractivity contribution in [3.05, 3.63) is 35.9 Å². The third-order valence-electron chi connectivity index (χ3n) is 3.64. The smallest absolute Gasteiger partial charge is 0.327 e. The van der Waals surface area contributed by atoms with Crippen LogP contribution in [0.2, 0.25) is 0 Å². The summed E-state index contributed by atoms with van der Waals surface area (Å²) < 4.78 is 5.43. The van der Waals surface area contributed by atoms with E-state index in [1.54, 1.807) is 0 Å². The van der Waals surface area contributed by atoms with Crippen molar-refractivity contribution < 1.29 is 9.53 Å². The fraction of sp³-hybridized carbons (Fsp3) is 0.562. The largest absolute Gasteiger partial charge is 0.465 e. The molecule has 1 aliphatic rings. The Bertz CT molecular complexity index is 429. The van der Waals surface area contributed by atoms with E-state index in [1.807, 2.05) is 49.0 Å². The summed E-state index contributed by atoms with van der Waals surface area (Å²) in [6.45, 7) is 5.35. The van der Waals surface area contributed by atoms with Crippen molar-refractivity contribution >= 4 is 17.7 Å². The Labute approximate surface area is 125 Å². The second-order valence-electron chi connectivity index (χ2n) is 5.38. The van der Waals surface area contributed by atoms with E-state index in [0.717, 1.165) is 12.1 Å². The number of carbonyl (C=O) groups is 1. The van der Waals surface area contributed by atoms with Gasteiger partial charge in [-0.2, -0.15) is 11.8 Å². The molecule has 2 unspecified atom stereocenters. The van der Waals surface area contributed by atoms with Gasteiger partial charge in [0.2, 0.25) is 0 Å². The standard InChI is InChI=1S/C16H23NO2S/c1-3-19-15(18)14(13-8-5-4-6-9-13)17-12-16(2)10-7-11-20-16/h4-6,8-9,14,17H,3,7,10-12H2,1-2H3. The third kappa shape index (κ3) is 4.00. The van der Waals surface area contributed by atoms with Crippen LogP contribution in [-0.2, 0) is 9.53 Å². The maximum absolute atomic E-state index is 12.2. The zero-order valence-corrected chi connectivity index (χ0v) is 13.0. The molecule has 0 amide bonds. The van der Waals surface area contributed by atoms with Crippen molar-refractivity contribution in [1.82, 2.24) is 5.32 Å². The topological polar surface area (TPSA) is 38.3 Å². The summed E-state index contributed by atoms with van der Waals surface area (Å²) in [7, 11) is 0. The summed E-state index contributed by atoms with van der Waals surface area (Å²) in [6.07, 6.45) is 2.47. The molecule has 110 valence electrons. The van der Waals surface area contributed by atoms with Crippen molar-refractivity contribution in [2.45, 2.75) is 37.5 Å². The predicted molar refractivity (Wildman–Crippen MR) is 83.9 cm³/mol. The maximum atomic E-state index is 12.2. The van der Waals surface area contributed by atoms with Gasteiger partial charge in [0.1, 0.15) is 6.04 Å². The number of ether oxygens (including phenoxy) is 1. The van der Waals surface area contributed by atoms with Crippen LogP contribution < -0.4 is 5.32 Å². The lowest BCUT2D eigenvalue weighted by atomic mass is 10.0. The van der Waals surface area contributed by atoms with Crippen molar-refractivity contribution in [3.63, 3.8) is 0 Å². The molecule has 0 aliphatic carbocycles. The summed E-state index contributed by atoms with van der Waals surface area (Å²) in [4.78, 5) is 12.2. The molecule has 2 rings (SSSR count). The quantitative estimate of drug-likeness (QED) is 0.818. The number of hydrogen-bond donors (Lipinski definition) is 1. The van der Waals surface area contributed by atoms with Gasteiger partial charge in [-0.15, -0.1) is 0 Å². The van der Waals surface area contributed by atoms with Crippen LogP contribution in [0.15, 0.2) is 30.3 Å². The molecule has 1 aliphatic heterocycles. The van der Waals surface area contributed by atoms with Crippen LogP contribution in [0.3, 0.4) is 0 Å². The monoisotopic (exact) mass is 293 g/mol. The first-order valence-corrected chi connectivity index (χ1v) is 8.22. The Morgan fingerprint density at radius 1 is 1.45 bits per heavy atom. The van der Waals surface area contributed by atoms with Crippen molar-refractivity contribution in [3.8, 4) is 0 Å². The Kier molecular flexibility index (Phi) is 5.49. The molecule has 0 bridgehead atoms. The van der Waals surface area contributed by atoms with Gasteiger partial charge in [0.15, 0.2) is 0 Å². The summed E-state index contributed by atoms with van der Waals surface area (Å²) in [5.74, 6) is 1.03. The van der Waals surface area contributed by atoms with Crippen LogP contribution in [0.25, 0.3) is 0 Å². The average molecular weight is 293 g/mol. The molecule has 1 N–H and O–H groups in total. The van der Waals surface area contributed by atoms with E-state index in [1.165, 1.54) is 18.6 Å². The second kappa shape index (κ2) is 7.14. The van der Waals surface area contributed by atoms with Crippen LogP contribution in [0.4, 0.5) is 0 Å². The predicted octanol–water partition coefficient (Wildman–Crippen LogP) is 3.17. The van der Waals surface area contributed by atoms with Crippen LogP contribution >= 0.6 is 11.8 Å². The third-order valence-corrected chi connectivity index (χ3v) is 5.17. The number of nitrogens with one attached hydrogen (secondary N) is 1. The zero-order chi connectivity index (χ0) is 14.4. The average Bonchev–Trinajstić information content (AvgIpc) is 2.88. The van der Waals surface area contributed by atoms with Crippen LogP contribution in [-0.4, -0.2) is 29.6 Å². The highest BCUT2D eigenvalue weighted by atomic mass is 32.2. The molecule has 3 nitrogen and oxygen atoms in total. The second-order valence-corrected chi connectivity index (χ2v) is 7.06. The number of benzene rings is 1. The van der Waals surface area contributed by atoms with E-state index in [-0.39, 0.29) is 16.8 Å². The summed E-state index contributed by atoms with van der Waals surface area (Å²) in [5, 5.41) is 3.41. The minimum atomic E-state index is -0.367. The lowest BCUT2D eigenvalue weighted by molar-refractivity contribution is -0.145. The molecule has 0 aromatic heterocycles. The maximum Gasteiger partial charge on any atom is 0.327 e. The first kappa shape index (κ1) is 15.4. The van der Waals surface area contributed by atoms with E-state index in [0.29, 0.717) is 6.61 Å². The Hall–Kier alpha value is -1.00. The molecule has 1 aromatic carbocycles. The first-order valence-electron chi connectivity index (χ1n) is 7.23. The lowest BCUT2D eigenvalue weighted by Crippen LogP contribution is -2.39. The molecule has 2 atom stereocenters. The van der Waals surface area contributed by atoms with Gasteiger partial charge < -0.3 is 4.74 Å². The normalized spacial score (nSPS) is 23.5. The first-order chi connectivity index (χ1) is 9.64. The van der Waals surface area contributed by atoms with Crippen LogP contribution in [0.5, 0.6) is 0 Å². The molecule has 0 radical (unpaired) electrons. The fourth-order valence-corrected chi connectivity index (χ4v) is 3.76. The molecular formula is C16H23NO2S. The highest BCUT2D eigenvalue weighted by Gasteiger charge is 2.31. The van der Waals surface area contributed by atoms with Crippen molar-refractivity contribution in [2.75, 3.05) is 18.9 Å². The minimum Gasteiger partial charge on any atom is -0.465 e. The van der Waals surface area contributed by atoms with Gasteiger partial charge in [0, 0.05) is 11.3 Å². The van der Waals surface area contributed by atoms with Crippen LogP contribution in [0.1, 0.15) is 38.3 Å². The number of esters is 1. The van der Waals surface area contributed by atoms with E-state index in [4.69, 9.17) is 4.74 Å². The van der Waals surface area contributed by atoms with E-state index < -0.39 is 0 Å². The van der Waals surface area contributed by atoms with Gasteiger partial charge in [-0.05, 0) is 38.0 Å². The number of carbonyl (C=O) groups excluding carboxylic acids is 1. The molecule has 4 heteroatoms. The Morgan fingerprint density at radius 2 is 2.20 bits per heavy atom. The molecule has 0 spiro atoms. The molecule has 0 saturated carbocycles. The Morgan fingerprint density at radius 3 is 2.80 bits per heavy atom. The molecule has 1 saturated heterocycles. The number of hydrogen-bond acceptors (Lipinski definition) is 4. The van der Waals surface area contributed by atoms with E-state index >= 15 is 0 Å². The van der Waals surface area contributed by atoms with Gasteiger partial charge in [-0.25, -0.2) is 4.79 Å². The summed E-state index contributed by atoms with van der Waals surface area (Å²) in [6, 6.07) is 9.44. The Balaban J connectivity index is 2.05. The van der Waals surface area contributed by atoms with Crippen molar-refractivity contribution in [1.29, 1.82) is 0 Å². The highest BCUT2D eigenvalue weighted by molar-refractivity contribution is 8.00. The molecule has 20 heavy (non-hydrogen) atoms. The fourth-order valence-electron chi connectivity index (χ4n) is 2.50. The van der Waals surface area contributed by atoms with E-state index in [2.05, 4.69) is 12.2 Å². The highest BCUT2D eigenvalue weighted by Crippen LogP contribution is 2.37. The summed E-state index contributed by atoms with van der Waals surface area (Å²) >= 11 is 1.99. The van der Waals surface area contributed by atoms with Gasteiger partial charge in [0.25, 0.3) is 0 Å². The zero-order valence-electron chi connectivity index (χ0n) is 12.2. The lowest BCUT2D eigenvalue weighted by Gasteiger charge is -2.26. The molecule has 1 aromatic rings. The molecule has 1 fully saturated rings. The molecular weight excluding hydrogens is 270 g/mol. The SMILES string of the molecule is CCOC(=O)C(NCC1(C)CCCS1)c1ccccc1.